The number of nitrogens with zero attached hydrogens (tertiary/aromatic N) is 2. The smallest absolute Gasteiger partial charge is 0.262 e. The molecule has 0 saturated carbocycles. The van der Waals surface area contributed by atoms with Gasteiger partial charge in [-0.1, -0.05) is 41.5 Å². The molecule has 0 aliphatic rings. The van der Waals surface area contributed by atoms with Crippen LogP contribution in [-0.2, 0) is 6.54 Å². The highest BCUT2D eigenvalue weighted by atomic mass is 79.9. The van der Waals surface area contributed by atoms with Gasteiger partial charge in [0.05, 0.1) is 17.0 Å². The molecule has 0 spiro atoms. The van der Waals surface area contributed by atoms with Crippen molar-refractivity contribution in [3.8, 4) is 0 Å². The summed E-state index contributed by atoms with van der Waals surface area (Å²) in [7, 11) is 0. The standard InChI is InChI=1S/C17H23BrN2O2S/c1-11(2)10-20-16(22)14-9-13(18)6-7-15(14)19-17(20)23-8-4-5-12(3)21/h6-7,9,11-12,21H,4-5,8,10H2,1-3H3/t12-/m0/s1. The molecular formula is C17H23BrN2O2S. The lowest BCUT2D eigenvalue weighted by molar-refractivity contribution is 0.184. The van der Waals surface area contributed by atoms with Gasteiger partial charge < -0.3 is 5.11 Å². The molecule has 2 aromatic rings. The zero-order valence-corrected chi connectivity index (χ0v) is 16.2. The first-order valence-electron chi connectivity index (χ1n) is 7.89. The average Bonchev–Trinajstić information content (AvgIpc) is 2.47. The summed E-state index contributed by atoms with van der Waals surface area (Å²) in [6.45, 7) is 6.65. The minimum absolute atomic E-state index is 0.0167. The Morgan fingerprint density at radius 2 is 2.09 bits per heavy atom. The van der Waals surface area contributed by atoms with Crippen molar-refractivity contribution in [3.05, 3.63) is 33.0 Å². The van der Waals surface area contributed by atoms with Gasteiger partial charge in [-0.3, -0.25) is 9.36 Å². The molecule has 0 unspecified atom stereocenters. The van der Waals surface area contributed by atoms with Crippen LogP contribution in [0.1, 0.15) is 33.6 Å². The van der Waals surface area contributed by atoms with Crippen LogP contribution in [0.4, 0.5) is 0 Å². The molecule has 1 aromatic heterocycles. The lowest BCUT2D eigenvalue weighted by Crippen LogP contribution is -2.25. The molecule has 23 heavy (non-hydrogen) atoms. The van der Waals surface area contributed by atoms with Crippen LogP contribution in [-0.4, -0.2) is 26.5 Å². The van der Waals surface area contributed by atoms with Gasteiger partial charge in [0.1, 0.15) is 0 Å². The zero-order chi connectivity index (χ0) is 17.0. The lowest BCUT2D eigenvalue weighted by atomic mass is 10.2. The summed E-state index contributed by atoms with van der Waals surface area (Å²) in [6, 6.07) is 5.62. The summed E-state index contributed by atoms with van der Waals surface area (Å²) in [5.74, 6) is 1.22. The van der Waals surface area contributed by atoms with E-state index in [4.69, 9.17) is 0 Å². The number of halogens is 1. The van der Waals surface area contributed by atoms with E-state index in [2.05, 4.69) is 34.8 Å². The fraction of sp³-hybridized carbons (Fsp3) is 0.529. The average molecular weight is 399 g/mol. The van der Waals surface area contributed by atoms with Gasteiger partial charge >= 0.3 is 0 Å². The van der Waals surface area contributed by atoms with E-state index < -0.39 is 0 Å². The molecule has 1 aromatic carbocycles. The maximum absolute atomic E-state index is 12.8. The highest BCUT2D eigenvalue weighted by molar-refractivity contribution is 9.10. The largest absolute Gasteiger partial charge is 0.393 e. The summed E-state index contributed by atoms with van der Waals surface area (Å²) >= 11 is 5.01. The number of hydrogen-bond acceptors (Lipinski definition) is 4. The second kappa shape index (κ2) is 8.31. The van der Waals surface area contributed by atoms with Crippen LogP contribution in [0.5, 0.6) is 0 Å². The normalized spacial score (nSPS) is 13.0. The first-order valence-corrected chi connectivity index (χ1v) is 9.67. The molecule has 0 aliphatic carbocycles. The monoisotopic (exact) mass is 398 g/mol. The van der Waals surface area contributed by atoms with Gasteiger partial charge in [-0.25, -0.2) is 4.98 Å². The molecule has 126 valence electrons. The van der Waals surface area contributed by atoms with E-state index in [1.54, 1.807) is 23.3 Å². The Kier molecular flexibility index (Phi) is 6.68. The number of rotatable bonds is 7. The Morgan fingerprint density at radius 1 is 1.35 bits per heavy atom. The minimum atomic E-state index is -0.282. The zero-order valence-electron chi connectivity index (χ0n) is 13.8. The number of aromatic nitrogens is 2. The maximum atomic E-state index is 12.8. The third-order valence-electron chi connectivity index (χ3n) is 3.43. The second-order valence-electron chi connectivity index (χ2n) is 6.21. The van der Waals surface area contributed by atoms with E-state index in [0.717, 1.165) is 33.7 Å². The quantitative estimate of drug-likeness (QED) is 0.433. The van der Waals surface area contributed by atoms with E-state index in [0.29, 0.717) is 17.8 Å². The van der Waals surface area contributed by atoms with Crippen LogP contribution in [0, 0.1) is 5.92 Å². The molecule has 2 rings (SSSR count). The van der Waals surface area contributed by atoms with Crippen molar-refractivity contribution in [3.63, 3.8) is 0 Å². The number of fused-ring (bicyclic) bond motifs is 1. The molecule has 0 fully saturated rings. The van der Waals surface area contributed by atoms with Gasteiger partial charge in [-0.2, -0.15) is 0 Å². The molecule has 0 radical (unpaired) electrons. The van der Waals surface area contributed by atoms with Crippen LogP contribution in [0.2, 0.25) is 0 Å². The summed E-state index contributed by atoms with van der Waals surface area (Å²) in [5.41, 5.74) is 0.749. The van der Waals surface area contributed by atoms with Gasteiger partial charge in [0, 0.05) is 16.8 Å². The predicted octanol–water partition coefficient (Wildman–Crippen LogP) is 4.07. The highest BCUT2D eigenvalue weighted by Crippen LogP contribution is 2.22. The molecule has 6 heteroatoms. The van der Waals surface area contributed by atoms with E-state index in [1.807, 2.05) is 18.2 Å². The van der Waals surface area contributed by atoms with E-state index >= 15 is 0 Å². The van der Waals surface area contributed by atoms with Crippen LogP contribution in [0.3, 0.4) is 0 Å². The minimum Gasteiger partial charge on any atom is -0.393 e. The fourth-order valence-corrected chi connectivity index (χ4v) is 3.68. The Hall–Kier alpha value is -0.850. The summed E-state index contributed by atoms with van der Waals surface area (Å²) in [6.07, 6.45) is 1.38. The van der Waals surface area contributed by atoms with Gasteiger partial charge in [0.25, 0.3) is 5.56 Å². The third-order valence-corrected chi connectivity index (χ3v) is 4.98. The van der Waals surface area contributed by atoms with Crippen LogP contribution in [0.25, 0.3) is 10.9 Å². The molecule has 1 N–H and O–H groups in total. The van der Waals surface area contributed by atoms with Crippen LogP contribution < -0.4 is 5.56 Å². The van der Waals surface area contributed by atoms with Crippen molar-refractivity contribution in [2.75, 3.05) is 5.75 Å². The number of benzene rings is 1. The van der Waals surface area contributed by atoms with Gasteiger partial charge in [0.15, 0.2) is 5.16 Å². The molecule has 0 amide bonds. The van der Waals surface area contributed by atoms with Crippen molar-refractivity contribution in [1.82, 2.24) is 9.55 Å². The lowest BCUT2D eigenvalue weighted by Gasteiger charge is -2.15. The predicted molar refractivity (Wildman–Crippen MR) is 100 cm³/mol. The second-order valence-corrected chi connectivity index (χ2v) is 8.18. The van der Waals surface area contributed by atoms with Crippen molar-refractivity contribution in [2.45, 2.75) is 51.4 Å². The van der Waals surface area contributed by atoms with E-state index in [-0.39, 0.29) is 11.7 Å². The number of aliphatic hydroxyl groups excluding tert-OH is 1. The maximum Gasteiger partial charge on any atom is 0.262 e. The number of hydrogen-bond donors (Lipinski definition) is 1. The Balaban J connectivity index is 2.36. The summed E-state index contributed by atoms with van der Waals surface area (Å²) in [5, 5.41) is 10.8. The topological polar surface area (TPSA) is 55.1 Å². The van der Waals surface area contributed by atoms with Crippen LogP contribution in [0.15, 0.2) is 32.6 Å². The van der Waals surface area contributed by atoms with Crippen molar-refractivity contribution >= 4 is 38.6 Å². The number of aliphatic hydroxyl groups is 1. The third kappa shape index (κ3) is 5.06. The molecule has 4 nitrogen and oxygen atoms in total. The van der Waals surface area contributed by atoms with Crippen molar-refractivity contribution in [1.29, 1.82) is 0 Å². The molecule has 1 atom stereocenters. The fourth-order valence-electron chi connectivity index (χ4n) is 2.35. The summed E-state index contributed by atoms with van der Waals surface area (Å²) in [4.78, 5) is 17.5. The Morgan fingerprint density at radius 3 is 2.74 bits per heavy atom. The first kappa shape index (κ1) is 18.5. The van der Waals surface area contributed by atoms with E-state index in [1.165, 1.54) is 0 Å². The molecule has 0 bridgehead atoms. The molecular weight excluding hydrogens is 376 g/mol. The van der Waals surface area contributed by atoms with Crippen LogP contribution >= 0.6 is 27.7 Å². The number of thioether (sulfide) groups is 1. The first-order chi connectivity index (χ1) is 10.9. The van der Waals surface area contributed by atoms with E-state index in [9.17, 15) is 9.90 Å². The van der Waals surface area contributed by atoms with Crippen molar-refractivity contribution < 1.29 is 5.11 Å². The van der Waals surface area contributed by atoms with Crippen molar-refractivity contribution in [2.24, 2.45) is 5.92 Å². The SMILES string of the molecule is CC(C)Cn1c(SCCC[C@H](C)O)nc2ccc(Br)cc2c1=O. The summed E-state index contributed by atoms with van der Waals surface area (Å²) < 4.78 is 2.67. The van der Waals surface area contributed by atoms with Gasteiger partial charge in [-0.15, -0.1) is 0 Å². The molecule has 0 saturated heterocycles. The van der Waals surface area contributed by atoms with Gasteiger partial charge in [-0.05, 0) is 43.9 Å². The van der Waals surface area contributed by atoms with Gasteiger partial charge in [0.2, 0.25) is 0 Å². The Labute approximate surface area is 149 Å². The molecule has 0 aliphatic heterocycles. The Bertz CT molecular complexity index is 728. The molecule has 1 heterocycles. The highest BCUT2D eigenvalue weighted by Gasteiger charge is 2.13.